The minimum Gasteiger partial charge on any atom is -0.481 e. The van der Waals surface area contributed by atoms with E-state index in [-0.39, 0.29) is 24.5 Å². The molecular weight excluding hydrogens is 258 g/mol. The van der Waals surface area contributed by atoms with Crippen LogP contribution in [0.5, 0.6) is 0 Å². The first kappa shape index (κ1) is 14.5. The van der Waals surface area contributed by atoms with Gasteiger partial charge in [-0.3, -0.25) is 9.52 Å². The highest BCUT2D eigenvalue weighted by Gasteiger charge is 2.13. The number of benzene rings is 1. The van der Waals surface area contributed by atoms with Crippen LogP contribution in [0.15, 0.2) is 24.3 Å². The monoisotopic (exact) mass is 273 g/mol. The molecule has 0 aromatic heterocycles. The maximum atomic E-state index is 11.7. The fourth-order valence-electron chi connectivity index (χ4n) is 1.35. The number of rotatable bonds is 7. The van der Waals surface area contributed by atoms with Crippen LogP contribution in [0.1, 0.15) is 5.56 Å². The van der Waals surface area contributed by atoms with Crippen LogP contribution in [0, 0.1) is 0 Å². The Morgan fingerprint density at radius 3 is 2.67 bits per heavy atom. The standard InChI is InChI=1S/C11H15NO5S/c1-17-6-7-18(15,16)12-10-5-3-2-4-9(10)8-11(13)14/h2-5,12H,6-8H2,1H3,(H,13,14). The van der Waals surface area contributed by atoms with Crippen LogP contribution in [-0.4, -0.2) is 39.0 Å². The van der Waals surface area contributed by atoms with Crippen LogP contribution in [0.25, 0.3) is 0 Å². The first-order chi connectivity index (χ1) is 8.44. The fraction of sp³-hybridized carbons (Fsp3) is 0.364. The number of hydrogen-bond acceptors (Lipinski definition) is 4. The number of ether oxygens (including phenoxy) is 1. The molecule has 0 aliphatic heterocycles. The predicted octanol–water partition coefficient (Wildman–Crippen LogP) is 0.702. The number of methoxy groups -OCH3 is 1. The predicted molar refractivity (Wildman–Crippen MR) is 67.1 cm³/mol. The molecule has 6 nitrogen and oxygen atoms in total. The molecule has 18 heavy (non-hydrogen) atoms. The molecule has 0 atom stereocenters. The van der Waals surface area contributed by atoms with Gasteiger partial charge < -0.3 is 9.84 Å². The van der Waals surface area contributed by atoms with E-state index in [1.807, 2.05) is 0 Å². The largest absolute Gasteiger partial charge is 0.481 e. The summed E-state index contributed by atoms with van der Waals surface area (Å²) in [6, 6.07) is 6.40. The van der Waals surface area contributed by atoms with Crippen molar-refractivity contribution in [3.8, 4) is 0 Å². The first-order valence-electron chi connectivity index (χ1n) is 5.24. The van der Waals surface area contributed by atoms with E-state index in [9.17, 15) is 13.2 Å². The Kier molecular flexibility index (Phi) is 5.11. The summed E-state index contributed by atoms with van der Waals surface area (Å²) in [5.74, 6) is -1.19. The molecule has 0 aliphatic carbocycles. The van der Waals surface area contributed by atoms with Crippen molar-refractivity contribution in [2.75, 3.05) is 24.2 Å². The third-order valence-electron chi connectivity index (χ3n) is 2.18. The van der Waals surface area contributed by atoms with Crippen molar-refractivity contribution < 1.29 is 23.1 Å². The maximum Gasteiger partial charge on any atom is 0.307 e. The molecule has 1 aromatic rings. The number of hydrogen-bond donors (Lipinski definition) is 2. The van der Waals surface area contributed by atoms with Gasteiger partial charge in [0.1, 0.15) is 0 Å². The third kappa shape index (κ3) is 4.72. The zero-order valence-electron chi connectivity index (χ0n) is 9.92. The van der Waals surface area contributed by atoms with Crippen LogP contribution < -0.4 is 4.72 Å². The molecule has 0 amide bonds. The van der Waals surface area contributed by atoms with Crippen molar-refractivity contribution in [2.45, 2.75) is 6.42 Å². The van der Waals surface area contributed by atoms with Gasteiger partial charge in [0.15, 0.2) is 0 Å². The van der Waals surface area contributed by atoms with E-state index in [2.05, 4.69) is 4.72 Å². The van der Waals surface area contributed by atoms with Gasteiger partial charge in [-0.2, -0.15) is 0 Å². The number of aliphatic carboxylic acids is 1. The number of para-hydroxylation sites is 1. The second-order valence-electron chi connectivity index (χ2n) is 3.64. The highest BCUT2D eigenvalue weighted by molar-refractivity contribution is 7.92. The Labute approximate surface area is 106 Å². The second-order valence-corrected chi connectivity index (χ2v) is 5.48. The van der Waals surface area contributed by atoms with E-state index >= 15 is 0 Å². The minimum absolute atomic E-state index is 0.0798. The fourth-order valence-corrected chi connectivity index (χ4v) is 2.37. The first-order valence-corrected chi connectivity index (χ1v) is 6.89. The zero-order chi connectivity index (χ0) is 13.6. The summed E-state index contributed by atoms with van der Waals surface area (Å²) in [4.78, 5) is 10.7. The van der Waals surface area contributed by atoms with Crippen LogP contribution in [0.4, 0.5) is 5.69 Å². The Balaban J connectivity index is 2.86. The minimum atomic E-state index is -3.52. The van der Waals surface area contributed by atoms with Gasteiger partial charge in [0.05, 0.1) is 24.5 Å². The molecule has 1 aromatic carbocycles. The lowest BCUT2D eigenvalue weighted by Gasteiger charge is -2.11. The molecule has 0 radical (unpaired) electrons. The van der Waals surface area contributed by atoms with Crippen molar-refractivity contribution in [3.05, 3.63) is 29.8 Å². The summed E-state index contributed by atoms with van der Waals surface area (Å²) >= 11 is 0. The van der Waals surface area contributed by atoms with Gasteiger partial charge in [-0.25, -0.2) is 8.42 Å². The number of carboxylic acids is 1. The highest BCUT2D eigenvalue weighted by Crippen LogP contribution is 2.17. The molecule has 0 saturated carbocycles. The lowest BCUT2D eigenvalue weighted by atomic mass is 10.1. The topological polar surface area (TPSA) is 92.7 Å². The Morgan fingerprint density at radius 2 is 2.06 bits per heavy atom. The average molecular weight is 273 g/mol. The van der Waals surface area contributed by atoms with E-state index in [0.717, 1.165) is 0 Å². The molecule has 2 N–H and O–H groups in total. The molecule has 0 aliphatic rings. The van der Waals surface area contributed by atoms with Gasteiger partial charge in [0.2, 0.25) is 10.0 Å². The third-order valence-corrected chi connectivity index (χ3v) is 3.42. The van der Waals surface area contributed by atoms with E-state index in [1.165, 1.54) is 13.2 Å². The van der Waals surface area contributed by atoms with Crippen LogP contribution in [0.3, 0.4) is 0 Å². The summed E-state index contributed by atoms with van der Waals surface area (Å²) in [5.41, 5.74) is 0.710. The maximum absolute atomic E-state index is 11.7. The highest BCUT2D eigenvalue weighted by atomic mass is 32.2. The van der Waals surface area contributed by atoms with Crippen LogP contribution >= 0.6 is 0 Å². The lowest BCUT2D eigenvalue weighted by Crippen LogP contribution is -2.20. The van der Waals surface area contributed by atoms with E-state index < -0.39 is 16.0 Å². The van der Waals surface area contributed by atoms with Gasteiger partial charge in [-0.05, 0) is 11.6 Å². The molecule has 7 heteroatoms. The number of sulfonamides is 1. The van der Waals surface area contributed by atoms with Gasteiger partial charge in [-0.15, -0.1) is 0 Å². The summed E-state index contributed by atoms with van der Waals surface area (Å²) < 4.78 is 30.4. The number of carbonyl (C=O) groups is 1. The number of nitrogens with one attached hydrogen (secondary N) is 1. The number of carboxylic acid groups (broad SMARTS) is 1. The Morgan fingerprint density at radius 1 is 1.39 bits per heavy atom. The normalized spacial score (nSPS) is 11.2. The molecule has 1 rings (SSSR count). The van der Waals surface area contributed by atoms with E-state index in [4.69, 9.17) is 9.84 Å². The summed E-state index contributed by atoms with van der Waals surface area (Å²) in [5, 5.41) is 8.73. The van der Waals surface area contributed by atoms with Crippen molar-refractivity contribution in [1.82, 2.24) is 0 Å². The Bertz CT molecular complexity index is 512. The molecule has 0 bridgehead atoms. The van der Waals surface area contributed by atoms with Crippen LogP contribution in [-0.2, 0) is 26.0 Å². The van der Waals surface area contributed by atoms with Crippen molar-refractivity contribution in [2.24, 2.45) is 0 Å². The van der Waals surface area contributed by atoms with E-state index in [0.29, 0.717) is 5.56 Å². The lowest BCUT2D eigenvalue weighted by molar-refractivity contribution is -0.136. The van der Waals surface area contributed by atoms with Crippen molar-refractivity contribution in [3.63, 3.8) is 0 Å². The molecule has 0 heterocycles. The average Bonchev–Trinajstić information content (AvgIpc) is 2.28. The van der Waals surface area contributed by atoms with Crippen molar-refractivity contribution >= 4 is 21.7 Å². The SMILES string of the molecule is COCCS(=O)(=O)Nc1ccccc1CC(=O)O. The smallest absolute Gasteiger partial charge is 0.307 e. The molecule has 0 spiro atoms. The molecule has 0 saturated heterocycles. The molecular formula is C11H15NO5S. The van der Waals surface area contributed by atoms with Gasteiger partial charge >= 0.3 is 5.97 Å². The molecule has 0 unspecified atom stereocenters. The van der Waals surface area contributed by atoms with Gasteiger partial charge in [-0.1, -0.05) is 18.2 Å². The van der Waals surface area contributed by atoms with Gasteiger partial charge in [0.25, 0.3) is 0 Å². The zero-order valence-corrected chi connectivity index (χ0v) is 10.7. The quantitative estimate of drug-likeness (QED) is 0.763. The van der Waals surface area contributed by atoms with Crippen LogP contribution in [0.2, 0.25) is 0 Å². The summed E-state index contributed by atoms with van der Waals surface area (Å²) in [6.07, 6.45) is -0.233. The Hall–Kier alpha value is -1.60. The van der Waals surface area contributed by atoms with Gasteiger partial charge in [0, 0.05) is 7.11 Å². The second kappa shape index (κ2) is 6.36. The van der Waals surface area contributed by atoms with Crippen molar-refractivity contribution in [1.29, 1.82) is 0 Å². The summed E-state index contributed by atoms with van der Waals surface area (Å²) in [6.45, 7) is 0.0798. The summed E-state index contributed by atoms with van der Waals surface area (Å²) in [7, 11) is -2.11. The molecule has 0 fully saturated rings. The van der Waals surface area contributed by atoms with E-state index in [1.54, 1.807) is 18.2 Å². The number of anilines is 1. The molecule has 100 valence electrons.